The number of nitrogens with zero attached hydrogens (tertiary/aromatic N) is 2. The van der Waals surface area contributed by atoms with Crippen molar-refractivity contribution in [2.24, 2.45) is 0 Å². The van der Waals surface area contributed by atoms with Gasteiger partial charge in [-0.05, 0) is 66.2 Å². The highest BCUT2D eigenvalue weighted by atomic mass is 15.2. The van der Waals surface area contributed by atoms with Crippen molar-refractivity contribution in [3.05, 3.63) is 0 Å². The van der Waals surface area contributed by atoms with Crippen LogP contribution in [-0.4, -0.2) is 62.2 Å². The van der Waals surface area contributed by atoms with E-state index >= 15 is 0 Å². The van der Waals surface area contributed by atoms with Gasteiger partial charge in [-0.15, -0.1) is 0 Å². The second kappa shape index (κ2) is 6.17. The molecule has 0 radical (unpaired) electrons. The van der Waals surface area contributed by atoms with E-state index in [1.807, 2.05) is 0 Å². The number of hydrogen-bond donors (Lipinski definition) is 1. The number of nitrogens with one attached hydrogen (secondary N) is 1. The van der Waals surface area contributed by atoms with Crippen molar-refractivity contribution in [1.82, 2.24) is 15.1 Å². The molecule has 17 heavy (non-hydrogen) atoms. The monoisotopic (exact) mass is 239 g/mol. The fraction of sp³-hybridized carbons (Fsp3) is 1.00. The van der Waals surface area contributed by atoms with Crippen molar-refractivity contribution >= 4 is 0 Å². The first kappa shape index (κ1) is 13.3. The van der Waals surface area contributed by atoms with Gasteiger partial charge in [0, 0.05) is 24.7 Å². The van der Waals surface area contributed by atoms with Gasteiger partial charge in [0.15, 0.2) is 0 Å². The summed E-state index contributed by atoms with van der Waals surface area (Å²) in [6, 6.07) is 2.40. The molecule has 1 N–H and O–H groups in total. The molecule has 0 aromatic rings. The maximum absolute atomic E-state index is 3.42. The fourth-order valence-corrected chi connectivity index (χ4v) is 3.54. The van der Waals surface area contributed by atoms with Crippen molar-refractivity contribution in [2.75, 3.05) is 34.2 Å². The van der Waals surface area contributed by atoms with Crippen LogP contribution in [0.4, 0.5) is 0 Å². The van der Waals surface area contributed by atoms with E-state index < -0.39 is 0 Å². The molecule has 0 amide bonds. The molecular formula is C14H29N3. The molecule has 0 aromatic carbocycles. The van der Waals surface area contributed by atoms with Crippen LogP contribution in [-0.2, 0) is 0 Å². The molecule has 2 aliphatic rings. The van der Waals surface area contributed by atoms with Gasteiger partial charge < -0.3 is 10.2 Å². The molecule has 2 fully saturated rings. The quantitative estimate of drug-likeness (QED) is 0.806. The van der Waals surface area contributed by atoms with Crippen molar-refractivity contribution in [2.45, 2.75) is 56.7 Å². The summed E-state index contributed by atoms with van der Waals surface area (Å²) in [6.07, 6.45) is 8.23. The molecule has 3 heteroatoms. The van der Waals surface area contributed by atoms with E-state index in [-0.39, 0.29) is 0 Å². The Kier molecular flexibility index (Phi) is 4.83. The highest BCUT2D eigenvalue weighted by molar-refractivity contribution is 4.86. The van der Waals surface area contributed by atoms with Crippen LogP contribution >= 0.6 is 0 Å². The SMILES string of the molecule is CNC1CCC(N(C)C2CCCN(C)C2)CC1. The van der Waals surface area contributed by atoms with E-state index in [0.29, 0.717) is 0 Å². The first-order valence-corrected chi connectivity index (χ1v) is 7.28. The number of hydrogen-bond acceptors (Lipinski definition) is 3. The van der Waals surface area contributed by atoms with Gasteiger partial charge in [-0.1, -0.05) is 0 Å². The first-order chi connectivity index (χ1) is 8.20. The summed E-state index contributed by atoms with van der Waals surface area (Å²) in [4.78, 5) is 5.17. The molecule has 100 valence electrons. The fourth-order valence-electron chi connectivity index (χ4n) is 3.54. The Labute approximate surface area is 107 Å². The van der Waals surface area contributed by atoms with E-state index in [1.165, 1.54) is 51.6 Å². The van der Waals surface area contributed by atoms with E-state index in [0.717, 1.165) is 18.1 Å². The lowest BCUT2D eigenvalue weighted by atomic mass is 9.89. The van der Waals surface area contributed by atoms with Gasteiger partial charge >= 0.3 is 0 Å². The number of rotatable bonds is 3. The average molecular weight is 239 g/mol. The van der Waals surface area contributed by atoms with Crippen LogP contribution in [0, 0.1) is 0 Å². The molecule has 3 nitrogen and oxygen atoms in total. The lowest BCUT2D eigenvalue weighted by Crippen LogP contribution is -2.50. The Morgan fingerprint density at radius 1 is 1.06 bits per heavy atom. The third kappa shape index (κ3) is 3.43. The lowest BCUT2D eigenvalue weighted by molar-refractivity contribution is 0.0769. The van der Waals surface area contributed by atoms with Crippen LogP contribution in [0.5, 0.6) is 0 Å². The molecule has 1 saturated heterocycles. The van der Waals surface area contributed by atoms with Crippen molar-refractivity contribution in [3.63, 3.8) is 0 Å². The molecule has 1 saturated carbocycles. The number of piperidine rings is 1. The Morgan fingerprint density at radius 3 is 2.35 bits per heavy atom. The highest BCUT2D eigenvalue weighted by Gasteiger charge is 2.29. The number of likely N-dealkylation sites (tertiary alicyclic amines) is 1. The minimum absolute atomic E-state index is 0.772. The standard InChI is InChI=1S/C14H29N3/c1-15-12-6-8-13(9-7-12)17(3)14-5-4-10-16(2)11-14/h12-15H,4-11H2,1-3H3. The molecule has 1 aliphatic heterocycles. The molecule has 1 aliphatic carbocycles. The molecule has 1 atom stereocenters. The maximum Gasteiger partial charge on any atom is 0.0223 e. The summed E-state index contributed by atoms with van der Waals surface area (Å²) in [7, 11) is 6.72. The average Bonchev–Trinajstić information content (AvgIpc) is 2.38. The second-order valence-electron chi connectivity index (χ2n) is 6.02. The Balaban J connectivity index is 1.81. The van der Waals surface area contributed by atoms with Gasteiger partial charge in [-0.3, -0.25) is 4.90 Å². The zero-order valence-electron chi connectivity index (χ0n) is 11.8. The molecular weight excluding hydrogens is 210 g/mol. The van der Waals surface area contributed by atoms with Gasteiger partial charge in [0.05, 0.1) is 0 Å². The summed E-state index contributed by atoms with van der Waals surface area (Å²) in [5, 5.41) is 3.42. The molecule has 0 spiro atoms. The molecule has 1 unspecified atom stereocenters. The Morgan fingerprint density at radius 2 is 1.76 bits per heavy atom. The smallest absolute Gasteiger partial charge is 0.0223 e. The predicted octanol–water partition coefficient (Wildman–Crippen LogP) is 1.54. The van der Waals surface area contributed by atoms with Gasteiger partial charge in [0.1, 0.15) is 0 Å². The van der Waals surface area contributed by atoms with E-state index in [2.05, 4.69) is 36.3 Å². The summed E-state index contributed by atoms with van der Waals surface area (Å²) in [5.41, 5.74) is 0. The maximum atomic E-state index is 3.42. The third-order valence-corrected chi connectivity index (χ3v) is 4.86. The largest absolute Gasteiger partial charge is 0.317 e. The van der Waals surface area contributed by atoms with Crippen molar-refractivity contribution in [1.29, 1.82) is 0 Å². The van der Waals surface area contributed by atoms with Gasteiger partial charge in [0.2, 0.25) is 0 Å². The van der Waals surface area contributed by atoms with Crippen LogP contribution in [0.25, 0.3) is 0 Å². The van der Waals surface area contributed by atoms with Crippen molar-refractivity contribution < 1.29 is 0 Å². The van der Waals surface area contributed by atoms with Gasteiger partial charge in [0.25, 0.3) is 0 Å². The van der Waals surface area contributed by atoms with Crippen molar-refractivity contribution in [3.8, 4) is 0 Å². The highest BCUT2D eigenvalue weighted by Crippen LogP contribution is 2.25. The minimum Gasteiger partial charge on any atom is -0.317 e. The lowest BCUT2D eigenvalue weighted by Gasteiger charge is -2.42. The Bertz CT molecular complexity index is 224. The van der Waals surface area contributed by atoms with E-state index in [1.54, 1.807) is 0 Å². The van der Waals surface area contributed by atoms with Gasteiger partial charge in [-0.2, -0.15) is 0 Å². The van der Waals surface area contributed by atoms with Crippen LogP contribution < -0.4 is 5.32 Å². The minimum atomic E-state index is 0.772. The zero-order chi connectivity index (χ0) is 12.3. The number of likely N-dealkylation sites (N-methyl/N-ethyl adjacent to an activating group) is 2. The topological polar surface area (TPSA) is 18.5 Å². The summed E-state index contributed by atoms with van der Waals surface area (Å²) < 4.78 is 0. The third-order valence-electron chi connectivity index (χ3n) is 4.86. The molecule has 1 heterocycles. The summed E-state index contributed by atoms with van der Waals surface area (Å²) >= 11 is 0. The normalized spacial score (nSPS) is 36.4. The van der Waals surface area contributed by atoms with Crippen LogP contribution in [0.15, 0.2) is 0 Å². The molecule has 2 rings (SSSR count). The van der Waals surface area contributed by atoms with E-state index in [9.17, 15) is 0 Å². The summed E-state index contributed by atoms with van der Waals surface area (Å²) in [5.74, 6) is 0. The van der Waals surface area contributed by atoms with Crippen LogP contribution in [0.2, 0.25) is 0 Å². The van der Waals surface area contributed by atoms with Crippen LogP contribution in [0.1, 0.15) is 38.5 Å². The molecule has 0 aromatic heterocycles. The summed E-state index contributed by atoms with van der Waals surface area (Å²) in [6.45, 7) is 2.55. The van der Waals surface area contributed by atoms with E-state index in [4.69, 9.17) is 0 Å². The van der Waals surface area contributed by atoms with Gasteiger partial charge in [-0.25, -0.2) is 0 Å². The first-order valence-electron chi connectivity index (χ1n) is 7.28. The second-order valence-corrected chi connectivity index (χ2v) is 6.02. The zero-order valence-corrected chi connectivity index (χ0v) is 11.8. The Hall–Kier alpha value is -0.120. The molecule has 0 bridgehead atoms. The predicted molar refractivity (Wildman–Crippen MR) is 73.4 cm³/mol. The van der Waals surface area contributed by atoms with Crippen LogP contribution in [0.3, 0.4) is 0 Å².